The summed E-state index contributed by atoms with van der Waals surface area (Å²) in [5, 5.41) is 10.7. The number of benzene rings is 1. The molecule has 1 heterocycles. The molecule has 0 radical (unpaired) electrons. The Morgan fingerprint density at radius 1 is 1.36 bits per heavy atom. The molecular weight excluding hydrogens is 180 g/mol. The van der Waals surface area contributed by atoms with E-state index in [-0.39, 0.29) is 12.1 Å². The van der Waals surface area contributed by atoms with Crippen LogP contribution in [-0.2, 0) is 4.74 Å². The number of hydrogen-bond donors (Lipinski definition) is 2. The van der Waals surface area contributed by atoms with Crippen LogP contribution in [0.2, 0.25) is 0 Å². The van der Waals surface area contributed by atoms with Gasteiger partial charge in [0.15, 0.2) is 0 Å². The van der Waals surface area contributed by atoms with Crippen molar-refractivity contribution in [2.45, 2.75) is 25.5 Å². The minimum Gasteiger partial charge on any atom is -0.355 e. The lowest BCUT2D eigenvalue weighted by atomic mass is 10.0. The Kier molecular flexibility index (Phi) is 2.52. The Morgan fingerprint density at radius 2 is 2.00 bits per heavy atom. The predicted molar refractivity (Wildman–Crippen MR) is 51.8 cm³/mol. The molecule has 1 saturated heterocycles. The summed E-state index contributed by atoms with van der Waals surface area (Å²) in [4.78, 5) is 0. The van der Waals surface area contributed by atoms with Gasteiger partial charge in [-0.15, -0.1) is 0 Å². The van der Waals surface area contributed by atoms with E-state index in [9.17, 15) is 5.11 Å². The highest BCUT2D eigenvalue weighted by Crippen LogP contribution is 2.31. The van der Waals surface area contributed by atoms with Gasteiger partial charge < -0.3 is 9.84 Å². The molecule has 0 aromatic heterocycles. The molecule has 1 aliphatic rings. The van der Waals surface area contributed by atoms with E-state index in [0.29, 0.717) is 0 Å². The van der Waals surface area contributed by atoms with E-state index < -0.39 is 6.41 Å². The highest BCUT2D eigenvalue weighted by Gasteiger charge is 2.37. The molecule has 4 heteroatoms. The van der Waals surface area contributed by atoms with Crippen LogP contribution in [0, 0.1) is 0 Å². The molecule has 2 rings (SSSR count). The third-order valence-electron chi connectivity index (χ3n) is 2.50. The van der Waals surface area contributed by atoms with Crippen LogP contribution in [0.3, 0.4) is 0 Å². The van der Waals surface area contributed by atoms with Crippen LogP contribution >= 0.6 is 0 Å². The fourth-order valence-electron chi connectivity index (χ4n) is 1.81. The van der Waals surface area contributed by atoms with E-state index in [1.807, 2.05) is 37.3 Å². The zero-order chi connectivity index (χ0) is 10.1. The Labute approximate surface area is 82.9 Å². The number of hydrazine groups is 1. The molecule has 4 nitrogen and oxygen atoms in total. The van der Waals surface area contributed by atoms with Gasteiger partial charge in [-0.1, -0.05) is 30.3 Å². The predicted octanol–water partition coefficient (Wildman–Crippen LogP) is 0.598. The second-order valence-electron chi connectivity index (χ2n) is 3.47. The van der Waals surface area contributed by atoms with E-state index in [1.165, 1.54) is 5.01 Å². The molecule has 0 saturated carbocycles. The summed E-state index contributed by atoms with van der Waals surface area (Å²) in [6, 6.07) is 9.71. The van der Waals surface area contributed by atoms with Crippen molar-refractivity contribution in [3.63, 3.8) is 0 Å². The molecule has 1 aromatic carbocycles. The van der Waals surface area contributed by atoms with Crippen molar-refractivity contribution in [3.8, 4) is 0 Å². The minimum absolute atomic E-state index is 0.0776. The van der Waals surface area contributed by atoms with Crippen LogP contribution < -0.4 is 5.84 Å². The average Bonchev–Trinajstić information content (AvgIpc) is 2.43. The SMILES string of the molecule is C[C@H]1OC(O)N(N)[C@H]1c1ccccc1. The summed E-state index contributed by atoms with van der Waals surface area (Å²) >= 11 is 0. The number of hydrogen-bond acceptors (Lipinski definition) is 4. The van der Waals surface area contributed by atoms with Crippen LogP contribution in [0.4, 0.5) is 0 Å². The maximum absolute atomic E-state index is 9.38. The molecule has 1 unspecified atom stereocenters. The first-order valence-electron chi connectivity index (χ1n) is 4.61. The van der Waals surface area contributed by atoms with Crippen LogP contribution in [-0.4, -0.2) is 22.6 Å². The summed E-state index contributed by atoms with van der Waals surface area (Å²) in [6.45, 7) is 1.90. The zero-order valence-electron chi connectivity index (χ0n) is 8.00. The van der Waals surface area contributed by atoms with Crippen molar-refractivity contribution in [2.24, 2.45) is 5.84 Å². The normalized spacial score (nSPS) is 33.5. The van der Waals surface area contributed by atoms with Crippen molar-refractivity contribution in [1.29, 1.82) is 0 Å². The summed E-state index contributed by atoms with van der Waals surface area (Å²) in [7, 11) is 0. The first-order chi connectivity index (χ1) is 6.70. The molecule has 0 amide bonds. The standard InChI is InChI=1S/C10H14N2O2/c1-7-9(12(11)10(13)14-7)8-5-3-2-4-6-8/h2-7,9-10,13H,11H2,1H3/t7-,9-,10?/m1/s1. The highest BCUT2D eigenvalue weighted by molar-refractivity contribution is 5.20. The van der Waals surface area contributed by atoms with Crippen molar-refractivity contribution < 1.29 is 9.84 Å². The molecule has 76 valence electrons. The first kappa shape index (κ1) is 9.61. The zero-order valence-corrected chi connectivity index (χ0v) is 8.00. The highest BCUT2D eigenvalue weighted by atomic mass is 16.6. The van der Waals surface area contributed by atoms with E-state index >= 15 is 0 Å². The van der Waals surface area contributed by atoms with Gasteiger partial charge >= 0.3 is 0 Å². The van der Waals surface area contributed by atoms with E-state index in [4.69, 9.17) is 10.6 Å². The first-order valence-corrected chi connectivity index (χ1v) is 4.61. The summed E-state index contributed by atoms with van der Waals surface area (Å²) in [5.74, 6) is 5.70. The van der Waals surface area contributed by atoms with Crippen LogP contribution in [0.1, 0.15) is 18.5 Å². The molecule has 1 aliphatic heterocycles. The smallest absolute Gasteiger partial charge is 0.229 e. The third-order valence-corrected chi connectivity index (χ3v) is 2.50. The fraction of sp³-hybridized carbons (Fsp3) is 0.400. The lowest BCUT2D eigenvalue weighted by Crippen LogP contribution is -2.38. The lowest BCUT2D eigenvalue weighted by molar-refractivity contribution is -0.148. The third kappa shape index (κ3) is 1.53. The van der Waals surface area contributed by atoms with Crippen molar-refractivity contribution >= 4 is 0 Å². The number of aliphatic hydroxyl groups excluding tert-OH is 1. The molecule has 1 fully saturated rings. The average molecular weight is 194 g/mol. The molecule has 3 atom stereocenters. The maximum atomic E-state index is 9.38. The van der Waals surface area contributed by atoms with Gasteiger partial charge in [0, 0.05) is 0 Å². The quantitative estimate of drug-likeness (QED) is 0.643. The van der Waals surface area contributed by atoms with Crippen LogP contribution in [0.25, 0.3) is 0 Å². The fourth-order valence-corrected chi connectivity index (χ4v) is 1.81. The number of ether oxygens (including phenoxy) is 1. The monoisotopic (exact) mass is 194 g/mol. The summed E-state index contributed by atoms with van der Waals surface area (Å²) in [6.07, 6.45) is -1.10. The number of nitrogens with two attached hydrogens (primary N) is 1. The number of rotatable bonds is 1. The van der Waals surface area contributed by atoms with E-state index in [1.54, 1.807) is 0 Å². The molecule has 14 heavy (non-hydrogen) atoms. The molecule has 0 bridgehead atoms. The van der Waals surface area contributed by atoms with Crippen molar-refractivity contribution in [1.82, 2.24) is 5.01 Å². The second kappa shape index (κ2) is 3.67. The van der Waals surface area contributed by atoms with Gasteiger partial charge in [0.1, 0.15) is 0 Å². The van der Waals surface area contributed by atoms with Crippen molar-refractivity contribution in [2.75, 3.05) is 0 Å². The Hall–Kier alpha value is -0.940. The molecule has 0 aliphatic carbocycles. The van der Waals surface area contributed by atoms with E-state index in [2.05, 4.69) is 0 Å². The Morgan fingerprint density at radius 3 is 2.50 bits per heavy atom. The molecular formula is C10H14N2O2. The minimum atomic E-state index is -1.00. The molecule has 3 N–H and O–H groups in total. The van der Waals surface area contributed by atoms with Gasteiger partial charge in [0.2, 0.25) is 6.41 Å². The topological polar surface area (TPSA) is 58.7 Å². The summed E-state index contributed by atoms with van der Waals surface area (Å²) < 4.78 is 5.20. The Balaban J connectivity index is 2.26. The summed E-state index contributed by atoms with van der Waals surface area (Å²) in [5.41, 5.74) is 1.05. The lowest BCUT2D eigenvalue weighted by Gasteiger charge is -2.20. The molecule has 1 aromatic rings. The number of aliphatic hydroxyl groups is 1. The maximum Gasteiger partial charge on any atom is 0.229 e. The van der Waals surface area contributed by atoms with Gasteiger partial charge in [-0.05, 0) is 12.5 Å². The second-order valence-corrected chi connectivity index (χ2v) is 3.47. The van der Waals surface area contributed by atoms with Gasteiger partial charge in [0.05, 0.1) is 12.1 Å². The van der Waals surface area contributed by atoms with Crippen LogP contribution in [0.15, 0.2) is 30.3 Å². The number of nitrogens with zero attached hydrogens (tertiary/aromatic N) is 1. The van der Waals surface area contributed by atoms with Gasteiger partial charge in [-0.25, -0.2) is 0 Å². The van der Waals surface area contributed by atoms with Gasteiger partial charge in [-0.2, -0.15) is 5.01 Å². The molecule has 0 spiro atoms. The van der Waals surface area contributed by atoms with Gasteiger partial charge in [-0.3, -0.25) is 5.84 Å². The van der Waals surface area contributed by atoms with Crippen molar-refractivity contribution in [3.05, 3.63) is 35.9 Å². The largest absolute Gasteiger partial charge is 0.355 e. The van der Waals surface area contributed by atoms with Gasteiger partial charge in [0.25, 0.3) is 0 Å². The van der Waals surface area contributed by atoms with E-state index in [0.717, 1.165) is 5.56 Å². The van der Waals surface area contributed by atoms with Crippen LogP contribution in [0.5, 0.6) is 0 Å². The Bertz CT molecular complexity index is 304.